The second kappa shape index (κ2) is 5.34. The molecule has 0 spiro atoms. The third-order valence-corrected chi connectivity index (χ3v) is 3.27. The summed E-state index contributed by atoms with van der Waals surface area (Å²) in [6.07, 6.45) is -2.39. The van der Waals surface area contributed by atoms with E-state index < -0.39 is 11.7 Å². The number of rotatable bonds is 4. The first kappa shape index (κ1) is 14.7. The molecular weight excluding hydrogens is 267 g/mol. The maximum absolute atomic E-state index is 12.6. The number of anilines is 1. The van der Waals surface area contributed by atoms with E-state index in [1.807, 2.05) is 0 Å². The van der Waals surface area contributed by atoms with Gasteiger partial charge < -0.3 is 10.3 Å². The molecule has 20 heavy (non-hydrogen) atoms. The van der Waals surface area contributed by atoms with Crippen LogP contribution in [0.1, 0.15) is 32.3 Å². The number of benzene rings is 1. The van der Waals surface area contributed by atoms with Gasteiger partial charge in [-0.2, -0.15) is 13.2 Å². The lowest BCUT2D eigenvalue weighted by molar-refractivity contribution is -0.137. The van der Waals surface area contributed by atoms with Gasteiger partial charge in [-0.05, 0) is 37.0 Å². The van der Waals surface area contributed by atoms with Gasteiger partial charge >= 0.3 is 6.18 Å². The summed E-state index contributed by atoms with van der Waals surface area (Å²) >= 11 is 0. The van der Waals surface area contributed by atoms with Crippen molar-refractivity contribution in [2.45, 2.75) is 39.4 Å². The zero-order valence-corrected chi connectivity index (χ0v) is 11.5. The van der Waals surface area contributed by atoms with Gasteiger partial charge in [0.1, 0.15) is 0 Å². The molecule has 0 unspecified atom stereocenters. The molecule has 0 fully saturated rings. The maximum Gasteiger partial charge on any atom is 0.416 e. The number of nitrogens with two attached hydrogens (primary N) is 1. The van der Waals surface area contributed by atoms with Crippen LogP contribution in [0.3, 0.4) is 0 Å². The molecule has 0 amide bonds. The molecule has 0 saturated heterocycles. The standard InChI is InChI=1S/C14H18F3N3/c1-9(2)4-3-7-20-12-6-5-10(14(15,16)17)8-11(12)19-13(20)18/h5-6,8-9H,3-4,7H2,1-2H3,(H2,18,19). The van der Waals surface area contributed by atoms with E-state index in [0.29, 0.717) is 23.5 Å². The first-order valence-electron chi connectivity index (χ1n) is 6.62. The molecule has 2 N–H and O–H groups in total. The molecule has 1 heterocycles. The molecule has 1 aromatic heterocycles. The highest BCUT2D eigenvalue weighted by Gasteiger charge is 2.31. The van der Waals surface area contributed by atoms with Crippen molar-refractivity contribution in [3.05, 3.63) is 23.8 Å². The van der Waals surface area contributed by atoms with E-state index in [-0.39, 0.29) is 5.95 Å². The lowest BCUT2D eigenvalue weighted by Gasteiger charge is -2.09. The largest absolute Gasteiger partial charge is 0.416 e. The van der Waals surface area contributed by atoms with Crippen LogP contribution in [0.25, 0.3) is 11.0 Å². The van der Waals surface area contributed by atoms with E-state index in [4.69, 9.17) is 5.73 Å². The Kier molecular flexibility index (Phi) is 3.92. The normalized spacial score (nSPS) is 12.5. The average Bonchev–Trinajstić information content (AvgIpc) is 2.63. The summed E-state index contributed by atoms with van der Waals surface area (Å²) in [5.41, 5.74) is 6.05. The van der Waals surface area contributed by atoms with Crippen LogP contribution in [-0.2, 0) is 12.7 Å². The lowest BCUT2D eigenvalue weighted by atomic mass is 10.1. The predicted molar refractivity (Wildman–Crippen MR) is 73.2 cm³/mol. The number of halogens is 3. The van der Waals surface area contributed by atoms with Crippen LogP contribution >= 0.6 is 0 Å². The minimum absolute atomic E-state index is 0.267. The van der Waals surface area contributed by atoms with Gasteiger partial charge in [0.15, 0.2) is 0 Å². The van der Waals surface area contributed by atoms with Gasteiger partial charge in [0.05, 0.1) is 16.6 Å². The van der Waals surface area contributed by atoms with Crippen LogP contribution in [0.4, 0.5) is 19.1 Å². The van der Waals surface area contributed by atoms with Crippen molar-refractivity contribution in [2.24, 2.45) is 5.92 Å². The number of nitrogen functional groups attached to an aromatic ring is 1. The molecule has 0 saturated carbocycles. The molecule has 2 aromatic rings. The molecule has 0 aliphatic heterocycles. The Balaban J connectivity index is 2.30. The van der Waals surface area contributed by atoms with E-state index in [9.17, 15) is 13.2 Å². The zero-order valence-electron chi connectivity index (χ0n) is 11.5. The third-order valence-electron chi connectivity index (χ3n) is 3.27. The molecule has 0 bridgehead atoms. The summed E-state index contributed by atoms with van der Waals surface area (Å²) in [4.78, 5) is 4.03. The highest BCUT2D eigenvalue weighted by molar-refractivity contribution is 5.79. The van der Waals surface area contributed by atoms with Crippen LogP contribution in [0.2, 0.25) is 0 Å². The van der Waals surface area contributed by atoms with Gasteiger partial charge in [0.25, 0.3) is 0 Å². The fraction of sp³-hybridized carbons (Fsp3) is 0.500. The lowest BCUT2D eigenvalue weighted by Crippen LogP contribution is -2.05. The number of aryl methyl sites for hydroxylation is 1. The van der Waals surface area contributed by atoms with Gasteiger partial charge in [0.2, 0.25) is 5.95 Å². The SMILES string of the molecule is CC(C)CCCn1c(N)nc2cc(C(F)(F)F)ccc21. The monoisotopic (exact) mass is 285 g/mol. The van der Waals surface area contributed by atoms with Crippen LogP contribution < -0.4 is 5.73 Å². The van der Waals surface area contributed by atoms with Crippen LogP contribution in [-0.4, -0.2) is 9.55 Å². The third kappa shape index (κ3) is 3.05. The van der Waals surface area contributed by atoms with Gasteiger partial charge in [0, 0.05) is 6.54 Å². The minimum atomic E-state index is -4.36. The zero-order chi connectivity index (χ0) is 14.9. The summed E-state index contributed by atoms with van der Waals surface area (Å²) in [6.45, 7) is 4.93. The Morgan fingerprint density at radius 2 is 2.00 bits per heavy atom. The smallest absolute Gasteiger partial charge is 0.369 e. The molecule has 2 rings (SSSR count). The number of nitrogens with zero attached hydrogens (tertiary/aromatic N) is 2. The van der Waals surface area contributed by atoms with E-state index in [2.05, 4.69) is 18.8 Å². The molecule has 6 heteroatoms. The first-order valence-corrected chi connectivity index (χ1v) is 6.62. The van der Waals surface area contributed by atoms with Crippen molar-refractivity contribution in [1.29, 1.82) is 0 Å². The minimum Gasteiger partial charge on any atom is -0.369 e. The van der Waals surface area contributed by atoms with Gasteiger partial charge in [-0.25, -0.2) is 4.98 Å². The van der Waals surface area contributed by atoms with E-state index in [1.165, 1.54) is 6.07 Å². The van der Waals surface area contributed by atoms with E-state index in [0.717, 1.165) is 25.0 Å². The summed E-state index contributed by atoms with van der Waals surface area (Å²) in [5.74, 6) is 0.853. The van der Waals surface area contributed by atoms with Crippen molar-refractivity contribution < 1.29 is 13.2 Å². The van der Waals surface area contributed by atoms with Crippen molar-refractivity contribution in [1.82, 2.24) is 9.55 Å². The second-order valence-corrected chi connectivity index (χ2v) is 5.36. The molecule has 3 nitrogen and oxygen atoms in total. The predicted octanol–water partition coefficient (Wildman–Crippen LogP) is 4.07. The number of hydrogen-bond acceptors (Lipinski definition) is 2. The number of imidazole rings is 1. The molecule has 0 radical (unpaired) electrons. The van der Waals surface area contributed by atoms with Gasteiger partial charge in [-0.3, -0.25) is 0 Å². The Labute approximate surface area is 115 Å². The van der Waals surface area contributed by atoms with Crippen molar-refractivity contribution in [2.75, 3.05) is 5.73 Å². The van der Waals surface area contributed by atoms with Gasteiger partial charge in [-0.1, -0.05) is 13.8 Å². The number of alkyl halides is 3. The van der Waals surface area contributed by atoms with Crippen LogP contribution in [0.5, 0.6) is 0 Å². The van der Waals surface area contributed by atoms with E-state index >= 15 is 0 Å². The van der Waals surface area contributed by atoms with Crippen molar-refractivity contribution >= 4 is 17.0 Å². The number of fused-ring (bicyclic) bond motifs is 1. The summed E-state index contributed by atoms with van der Waals surface area (Å²) < 4.78 is 39.7. The Morgan fingerprint density at radius 3 is 2.60 bits per heavy atom. The molecular formula is C14H18F3N3. The highest BCUT2D eigenvalue weighted by atomic mass is 19.4. The van der Waals surface area contributed by atoms with Crippen molar-refractivity contribution in [3.63, 3.8) is 0 Å². The Hall–Kier alpha value is -1.72. The average molecular weight is 285 g/mol. The number of hydrogen-bond donors (Lipinski definition) is 1. The molecule has 110 valence electrons. The molecule has 0 aliphatic carbocycles. The fourth-order valence-corrected chi connectivity index (χ4v) is 2.22. The highest BCUT2D eigenvalue weighted by Crippen LogP contribution is 2.31. The Bertz CT molecular complexity index is 599. The van der Waals surface area contributed by atoms with Crippen LogP contribution in [0.15, 0.2) is 18.2 Å². The van der Waals surface area contributed by atoms with Gasteiger partial charge in [-0.15, -0.1) is 0 Å². The summed E-state index contributed by atoms with van der Waals surface area (Å²) in [6, 6.07) is 3.56. The second-order valence-electron chi connectivity index (χ2n) is 5.36. The summed E-state index contributed by atoms with van der Waals surface area (Å²) in [5, 5.41) is 0. The molecule has 0 atom stereocenters. The maximum atomic E-state index is 12.6. The Morgan fingerprint density at radius 1 is 1.30 bits per heavy atom. The molecule has 0 aliphatic rings. The van der Waals surface area contributed by atoms with Crippen molar-refractivity contribution in [3.8, 4) is 0 Å². The quantitative estimate of drug-likeness (QED) is 0.920. The topological polar surface area (TPSA) is 43.8 Å². The first-order chi connectivity index (χ1) is 9.29. The fourth-order valence-electron chi connectivity index (χ4n) is 2.22. The van der Waals surface area contributed by atoms with Crippen LogP contribution in [0, 0.1) is 5.92 Å². The molecule has 1 aromatic carbocycles. The van der Waals surface area contributed by atoms with E-state index in [1.54, 1.807) is 4.57 Å². The number of aromatic nitrogens is 2. The summed E-state index contributed by atoms with van der Waals surface area (Å²) in [7, 11) is 0.